The number of sulfonamides is 1. The van der Waals surface area contributed by atoms with Gasteiger partial charge >= 0.3 is 0 Å². The van der Waals surface area contributed by atoms with Gasteiger partial charge in [0.05, 0.1) is 12.3 Å². The second-order valence-electron chi connectivity index (χ2n) is 4.06. The lowest BCUT2D eigenvalue weighted by molar-refractivity contribution is 0.0953. The average Bonchev–Trinajstić information content (AvgIpc) is 2.40. The molecule has 0 saturated carbocycles. The largest absolute Gasteiger partial charge is 0.352 e. The topological polar surface area (TPSA) is 115 Å². The second-order valence-corrected chi connectivity index (χ2v) is 5.79. The number of benzene rings is 1. The molecule has 6 nitrogen and oxygen atoms in total. The Hall–Kier alpha value is -1.88. The van der Waals surface area contributed by atoms with Crippen molar-refractivity contribution in [2.45, 2.75) is 6.42 Å². The number of hydrogen-bond acceptors (Lipinski definition) is 4. The summed E-state index contributed by atoms with van der Waals surface area (Å²) in [5.74, 6) is 5.15. The molecule has 1 aromatic carbocycles. The Balaban J connectivity index is 2.48. The molecule has 108 valence electrons. The van der Waals surface area contributed by atoms with Crippen LogP contribution in [0.5, 0.6) is 0 Å². The minimum atomic E-state index is -3.48. The average molecular weight is 295 g/mol. The third-order valence-electron chi connectivity index (χ3n) is 2.37. The van der Waals surface area contributed by atoms with Gasteiger partial charge in [0.15, 0.2) is 0 Å². The molecule has 1 rings (SSSR count). The monoisotopic (exact) mass is 295 g/mol. The highest BCUT2D eigenvalue weighted by Crippen LogP contribution is 2.03. The number of hydrogen-bond donors (Lipinski definition) is 3. The van der Waals surface area contributed by atoms with Crippen molar-refractivity contribution >= 4 is 15.9 Å². The Kier molecular flexibility index (Phi) is 6.18. The molecule has 7 heteroatoms. The number of nitrogens with two attached hydrogens (primary N) is 2. The number of nitrogens with one attached hydrogen (secondary N) is 1. The Morgan fingerprint density at radius 1 is 1.25 bits per heavy atom. The van der Waals surface area contributed by atoms with Crippen molar-refractivity contribution < 1.29 is 13.2 Å². The summed E-state index contributed by atoms with van der Waals surface area (Å²) in [6, 6.07) is 6.74. The third-order valence-corrected chi connectivity index (χ3v) is 3.23. The summed E-state index contributed by atoms with van der Waals surface area (Å²) in [6.07, 6.45) is 0.282. The van der Waals surface area contributed by atoms with Gasteiger partial charge in [-0.2, -0.15) is 0 Å². The maximum absolute atomic E-state index is 11.7. The maximum atomic E-state index is 11.7. The van der Waals surface area contributed by atoms with Crippen molar-refractivity contribution in [2.24, 2.45) is 10.9 Å². The van der Waals surface area contributed by atoms with Crippen molar-refractivity contribution in [3.8, 4) is 11.8 Å². The van der Waals surface area contributed by atoms with Gasteiger partial charge in [-0.3, -0.25) is 4.79 Å². The molecule has 0 spiro atoms. The zero-order chi connectivity index (χ0) is 15.0. The molecule has 5 N–H and O–H groups in total. The molecule has 0 aliphatic heterocycles. The van der Waals surface area contributed by atoms with E-state index < -0.39 is 10.0 Å². The molecule has 0 saturated heterocycles. The standard InChI is InChI=1S/C13H17N3O3S/c14-8-1-3-11-4-6-12(7-5-11)13(17)16-9-2-10-20(15,18)19/h4-7H,2,8-10,14H2,(H,16,17)(H2,15,18,19). The molecule has 0 unspecified atom stereocenters. The van der Waals surface area contributed by atoms with Crippen LogP contribution in [0.3, 0.4) is 0 Å². The van der Waals surface area contributed by atoms with E-state index >= 15 is 0 Å². The van der Waals surface area contributed by atoms with Crippen LogP contribution in [0.25, 0.3) is 0 Å². The van der Waals surface area contributed by atoms with Gasteiger partial charge in [-0.15, -0.1) is 0 Å². The third kappa shape index (κ3) is 6.33. The van der Waals surface area contributed by atoms with E-state index in [1.54, 1.807) is 24.3 Å². The first kappa shape index (κ1) is 16.2. The van der Waals surface area contributed by atoms with Crippen molar-refractivity contribution in [1.82, 2.24) is 5.32 Å². The Labute approximate surface area is 118 Å². The lowest BCUT2D eigenvalue weighted by atomic mass is 10.1. The first-order valence-corrected chi connectivity index (χ1v) is 7.71. The van der Waals surface area contributed by atoms with E-state index in [4.69, 9.17) is 10.9 Å². The number of primary sulfonamides is 1. The molecule has 1 amide bonds. The molecule has 0 aromatic heterocycles. The van der Waals surface area contributed by atoms with Gasteiger partial charge < -0.3 is 11.1 Å². The summed E-state index contributed by atoms with van der Waals surface area (Å²) < 4.78 is 21.4. The maximum Gasteiger partial charge on any atom is 0.251 e. The van der Waals surface area contributed by atoms with E-state index in [9.17, 15) is 13.2 Å². The van der Waals surface area contributed by atoms with E-state index in [0.29, 0.717) is 5.56 Å². The van der Waals surface area contributed by atoms with Crippen LogP contribution in [0.4, 0.5) is 0 Å². The Morgan fingerprint density at radius 2 is 1.90 bits per heavy atom. The van der Waals surface area contributed by atoms with Crippen LogP contribution >= 0.6 is 0 Å². The van der Waals surface area contributed by atoms with Gasteiger partial charge in [0.25, 0.3) is 5.91 Å². The van der Waals surface area contributed by atoms with Crippen molar-refractivity contribution in [2.75, 3.05) is 18.8 Å². The molecular weight excluding hydrogens is 278 g/mol. The summed E-state index contributed by atoms with van der Waals surface area (Å²) in [5.41, 5.74) is 6.53. The molecule has 1 aromatic rings. The Morgan fingerprint density at radius 3 is 2.45 bits per heavy atom. The highest BCUT2D eigenvalue weighted by atomic mass is 32.2. The number of carbonyl (C=O) groups excluding carboxylic acids is 1. The van der Waals surface area contributed by atoms with E-state index in [1.165, 1.54) is 0 Å². The minimum absolute atomic E-state index is 0.152. The van der Waals surface area contributed by atoms with Gasteiger partial charge in [0.1, 0.15) is 0 Å². The predicted molar refractivity (Wildman–Crippen MR) is 77.3 cm³/mol. The van der Waals surface area contributed by atoms with E-state index in [2.05, 4.69) is 17.2 Å². The lowest BCUT2D eigenvalue weighted by Gasteiger charge is -2.04. The molecule has 0 fully saturated rings. The smallest absolute Gasteiger partial charge is 0.251 e. The number of carbonyl (C=O) groups is 1. The van der Waals surface area contributed by atoms with Crippen LogP contribution in [0.2, 0.25) is 0 Å². The van der Waals surface area contributed by atoms with Crippen molar-refractivity contribution in [1.29, 1.82) is 0 Å². The van der Waals surface area contributed by atoms with Crippen LogP contribution in [0.1, 0.15) is 22.3 Å². The summed E-state index contributed by atoms with van der Waals surface area (Å²) in [7, 11) is -3.48. The van der Waals surface area contributed by atoms with Gasteiger partial charge in [-0.05, 0) is 30.7 Å². The summed E-state index contributed by atoms with van der Waals surface area (Å²) in [5, 5.41) is 7.48. The fraction of sp³-hybridized carbons (Fsp3) is 0.308. The fourth-order valence-electron chi connectivity index (χ4n) is 1.44. The van der Waals surface area contributed by atoms with Crippen LogP contribution in [-0.4, -0.2) is 33.2 Å². The van der Waals surface area contributed by atoms with Crippen molar-refractivity contribution in [3.63, 3.8) is 0 Å². The minimum Gasteiger partial charge on any atom is -0.352 e. The summed E-state index contributed by atoms with van der Waals surface area (Å²) >= 11 is 0. The summed E-state index contributed by atoms with van der Waals surface area (Å²) in [6.45, 7) is 0.538. The van der Waals surface area contributed by atoms with Crippen LogP contribution < -0.4 is 16.2 Å². The SMILES string of the molecule is NCC#Cc1ccc(C(=O)NCCCS(N)(=O)=O)cc1. The van der Waals surface area contributed by atoms with Crippen LogP contribution in [0.15, 0.2) is 24.3 Å². The predicted octanol–water partition coefficient (Wildman–Crippen LogP) is -0.595. The van der Waals surface area contributed by atoms with E-state index in [-0.39, 0.29) is 31.2 Å². The molecule has 0 aliphatic rings. The lowest BCUT2D eigenvalue weighted by Crippen LogP contribution is -2.27. The first-order chi connectivity index (χ1) is 9.42. The second kappa shape index (κ2) is 7.65. The van der Waals surface area contributed by atoms with Crippen LogP contribution in [0, 0.1) is 11.8 Å². The first-order valence-electron chi connectivity index (χ1n) is 6.00. The Bertz CT molecular complexity index is 613. The molecule has 0 aliphatic carbocycles. The molecule has 0 heterocycles. The molecule has 0 bridgehead atoms. The van der Waals surface area contributed by atoms with Gasteiger partial charge in [-0.1, -0.05) is 11.8 Å². The van der Waals surface area contributed by atoms with Gasteiger partial charge in [0, 0.05) is 17.7 Å². The van der Waals surface area contributed by atoms with Crippen molar-refractivity contribution in [3.05, 3.63) is 35.4 Å². The van der Waals surface area contributed by atoms with Crippen LogP contribution in [-0.2, 0) is 10.0 Å². The van der Waals surface area contributed by atoms with E-state index in [0.717, 1.165) is 5.56 Å². The molecule has 0 atom stereocenters. The molecule has 0 radical (unpaired) electrons. The fourth-order valence-corrected chi connectivity index (χ4v) is 1.98. The highest BCUT2D eigenvalue weighted by molar-refractivity contribution is 7.89. The number of amides is 1. The quantitative estimate of drug-likeness (QED) is 0.497. The normalized spacial score (nSPS) is 10.5. The van der Waals surface area contributed by atoms with Gasteiger partial charge in [-0.25, -0.2) is 13.6 Å². The molecular formula is C13H17N3O3S. The highest BCUT2D eigenvalue weighted by Gasteiger charge is 2.06. The summed E-state index contributed by atoms with van der Waals surface area (Å²) in [4.78, 5) is 11.7. The molecule has 20 heavy (non-hydrogen) atoms. The zero-order valence-corrected chi connectivity index (χ0v) is 11.7. The number of rotatable bonds is 5. The van der Waals surface area contributed by atoms with E-state index in [1.807, 2.05) is 0 Å². The zero-order valence-electron chi connectivity index (χ0n) is 10.9. The van der Waals surface area contributed by atoms with Gasteiger partial charge in [0.2, 0.25) is 10.0 Å².